The van der Waals surface area contributed by atoms with Crippen molar-refractivity contribution in [3.05, 3.63) is 36.2 Å². The summed E-state index contributed by atoms with van der Waals surface area (Å²) in [5.41, 5.74) is 0.0261. The number of pyridine rings is 1. The minimum Gasteiger partial charge on any atom is -0.388 e. The van der Waals surface area contributed by atoms with Crippen molar-refractivity contribution in [1.82, 2.24) is 10.3 Å². The summed E-state index contributed by atoms with van der Waals surface area (Å²) in [7, 11) is 0. The second-order valence-corrected chi connectivity index (χ2v) is 4.67. The van der Waals surface area contributed by atoms with E-state index in [1.165, 1.54) is 6.08 Å². The second kappa shape index (κ2) is 6.45. The summed E-state index contributed by atoms with van der Waals surface area (Å²) in [6.07, 6.45) is 7.60. The van der Waals surface area contributed by atoms with E-state index in [1.807, 2.05) is 12.1 Å². The maximum atomic E-state index is 11.6. The van der Waals surface area contributed by atoms with Crippen molar-refractivity contribution < 1.29 is 14.6 Å². The third-order valence-corrected chi connectivity index (χ3v) is 3.13. The monoisotopic (exact) mass is 262 g/mol. The lowest BCUT2D eigenvalue weighted by Crippen LogP contribution is -2.46. The lowest BCUT2D eigenvalue weighted by atomic mass is 9.94. The van der Waals surface area contributed by atoms with E-state index in [0.717, 1.165) is 5.56 Å². The van der Waals surface area contributed by atoms with E-state index in [1.54, 1.807) is 18.5 Å². The molecule has 0 saturated carbocycles. The molecule has 0 bridgehead atoms. The molecule has 102 valence electrons. The van der Waals surface area contributed by atoms with Crippen LogP contribution in [-0.2, 0) is 9.53 Å². The summed E-state index contributed by atoms with van der Waals surface area (Å²) < 4.78 is 5.18. The van der Waals surface area contributed by atoms with Crippen LogP contribution in [-0.4, -0.2) is 41.4 Å². The first-order valence-corrected chi connectivity index (χ1v) is 6.34. The lowest BCUT2D eigenvalue weighted by molar-refractivity contribution is -0.119. The van der Waals surface area contributed by atoms with Gasteiger partial charge in [-0.3, -0.25) is 9.78 Å². The van der Waals surface area contributed by atoms with Crippen molar-refractivity contribution in [2.75, 3.05) is 19.8 Å². The van der Waals surface area contributed by atoms with Gasteiger partial charge in [-0.1, -0.05) is 6.07 Å². The topological polar surface area (TPSA) is 71.5 Å². The van der Waals surface area contributed by atoms with Gasteiger partial charge < -0.3 is 15.2 Å². The van der Waals surface area contributed by atoms with Crippen molar-refractivity contribution in [2.24, 2.45) is 0 Å². The SMILES string of the molecule is O=C(/C=C/c1cccnc1)NCC1(O)CCOCC1. The molecule has 0 radical (unpaired) electrons. The van der Waals surface area contributed by atoms with E-state index in [2.05, 4.69) is 10.3 Å². The smallest absolute Gasteiger partial charge is 0.244 e. The van der Waals surface area contributed by atoms with Gasteiger partial charge in [0.05, 0.1) is 5.60 Å². The maximum Gasteiger partial charge on any atom is 0.244 e. The molecule has 1 fully saturated rings. The third-order valence-electron chi connectivity index (χ3n) is 3.13. The highest BCUT2D eigenvalue weighted by molar-refractivity contribution is 5.91. The van der Waals surface area contributed by atoms with Crippen molar-refractivity contribution in [2.45, 2.75) is 18.4 Å². The van der Waals surface area contributed by atoms with Gasteiger partial charge in [0.15, 0.2) is 0 Å². The number of hydrogen-bond acceptors (Lipinski definition) is 4. The molecule has 0 aliphatic carbocycles. The molecule has 1 aromatic rings. The number of aliphatic hydroxyl groups is 1. The molecule has 0 aromatic carbocycles. The van der Waals surface area contributed by atoms with Crippen LogP contribution in [0.25, 0.3) is 6.08 Å². The molecule has 5 nitrogen and oxygen atoms in total. The van der Waals surface area contributed by atoms with E-state index in [4.69, 9.17) is 4.74 Å². The van der Waals surface area contributed by atoms with Gasteiger partial charge in [-0.15, -0.1) is 0 Å². The quantitative estimate of drug-likeness (QED) is 0.786. The molecule has 1 aromatic heterocycles. The minimum absolute atomic E-state index is 0.219. The highest BCUT2D eigenvalue weighted by atomic mass is 16.5. The summed E-state index contributed by atoms with van der Waals surface area (Å²) in [4.78, 5) is 15.6. The van der Waals surface area contributed by atoms with Gasteiger partial charge in [-0.2, -0.15) is 0 Å². The molecule has 2 rings (SSSR count). The zero-order valence-electron chi connectivity index (χ0n) is 10.7. The molecule has 0 unspecified atom stereocenters. The van der Waals surface area contributed by atoms with E-state index in [-0.39, 0.29) is 12.5 Å². The fourth-order valence-electron chi connectivity index (χ4n) is 1.89. The highest BCUT2D eigenvalue weighted by Crippen LogP contribution is 2.19. The molecule has 2 N–H and O–H groups in total. The standard InChI is InChI=1S/C14H18N2O3/c17-13(4-3-12-2-1-7-15-10-12)16-11-14(18)5-8-19-9-6-14/h1-4,7,10,18H,5-6,8-9,11H2,(H,16,17)/b4-3+. The Balaban J connectivity index is 1.80. The number of carbonyl (C=O) groups excluding carboxylic acids is 1. The van der Waals surface area contributed by atoms with E-state index < -0.39 is 5.60 Å². The van der Waals surface area contributed by atoms with Gasteiger partial charge >= 0.3 is 0 Å². The van der Waals surface area contributed by atoms with Gasteiger partial charge in [-0.05, 0) is 17.7 Å². The van der Waals surface area contributed by atoms with Crippen molar-refractivity contribution in [1.29, 1.82) is 0 Å². The van der Waals surface area contributed by atoms with Crippen LogP contribution in [0, 0.1) is 0 Å². The average molecular weight is 262 g/mol. The average Bonchev–Trinajstić information content (AvgIpc) is 2.45. The lowest BCUT2D eigenvalue weighted by Gasteiger charge is -2.31. The molecule has 2 heterocycles. The van der Waals surface area contributed by atoms with Gasteiger partial charge in [0.25, 0.3) is 0 Å². The number of amides is 1. The summed E-state index contributed by atoms with van der Waals surface area (Å²) in [5.74, 6) is -0.219. The van der Waals surface area contributed by atoms with Crippen molar-refractivity contribution in [3.8, 4) is 0 Å². The zero-order chi connectivity index (χ0) is 13.6. The van der Waals surface area contributed by atoms with Crippen LogP contribution in [0.15, 0.2) is 30.6 Å². The number of nitrogens with one attached hydrogen (secondary N) is 1. The van der Waals surface area contributed by atoms with E-state index in [9.17, 15) is 9.90 Å². The molecule has 1 aliphatic rings. The first kappa shape index (κ1) is 13.7. The maximum absolute atomic E-state index is 11.6. The van der Waals surface area contributed by atoms with Crippen molar-refractivity contribution >= 4 is 12.0 Å². The zero-order valence-corrected chi connectivity index (χ0v) is 10.7. The molecule has 19 heavy (non-hydrogen) atoms. The van der Waals surface area contributed by atoms with Crippen LogP contribution in [0.5, 0.6) is 0 Å². The summed E-state index contributed by atoms with van der Waals surface area (Å²) >= 11 is 0. The first-order valence-electron chi connectivity index (χ1n) is 6.34. The Labute approximate surface area is 112 Å². The molecular weight excluding hydrogens is 244 g/mol. The Kier molecular flexibility index (Phi) is 4.65. The van der Waals surface area contributed by atoms with Crippen LogP contribution in [0.2, 0.25) is 0 Å². The molecule has 1 amide bonds. The second-order valence-electron chi connectivity index (χ2n) is 4.67. The Morgan fingerprint density at radius 2 is 2.32 bits per heavy atom. The summed E-state index contributed by atoms with van der Waals surface area (Å²) in [6.45, 7) is 1.34. The Bertz CT molecular complexity index is 439. The van der Waals surface area contributed by atoms with Crippen LogP contribution < -0.4 is 5.32 Å². The Hall–Kier alpha value is -1.72. The predicted molar refractivity (Wildman–Crippen MR) is 71.3 cm³/mol. The number of nitrogens with zero attached hydrogens (tertiary/aromatic N) is 1. The number of ether oxygens (including phenoxy) is 1. The number of aromatic nitrogens is 1. The molecule has 1 aliphatic heterocycles. The van der Waals surface area contributed by atoms with E-state index in [0.29, 0.717) is 26.1 Å². The number of hydrogen-bond donors (Lipinski definition) is 2. The minimum atomic E-state index is -0.837. The highest BCUT2D eigenvalue weighted by Gasteiger charge is 2.29. The van der Waals surface area contributed by atoms with Gasteiger partial charge in [0, 0.05) is 51.1 Å². The molecule has 1 saturated heterocycles. The fraction of sp³-hybridized carbons (Fsp3) is 0.429. The Morgan fingerprint density at radius 1 is 1.53 bits per heavy atom. The van der Waals surface area contributed by atoms with Gasteiger partial charge in [-0.25, -0.2) is 0 Å². The van der Waals surface area contributed by atoms with Crippen molar-refractivity contribution in [3.63, 3.8) is 0 Å². The van der Waals surface area contributed by atoms with Crippen LogP contribution >= 0.6 is 0 Å². The molecule has 5 heteroatoms. The van der Waals surface area contributed by atoms with Gasteiger partial charge in [0.2, 0.25) is 5.91 Å². The fourth-order valence-corrected chi connectivity index (χ4v) is 1.89. The summed E-state index contributed by atoms with van der Waals surface area (Å²) in [5, 5.41) is 12.9. The van der Waals surface area contributed by atoms with Crippen LogP contribution in [0.1, 0.15) is 18.4 Å². The predicted octanol–water partition coefficient (Wildman–Crippen LogP) is 0.753. The summed E-state index contributed by atoms with van der Waals surface area (Å²) in [6, 6.07) is 3.67. The third kappa shape index (κ3) is 4.46. The van der Waals surface area contributed by atoms with Crippen LogP contribution in [0.3, 0.4) is 0 Å². The van der Waals surface area contributed by atoms with Gasteiger partial charge in [0.1, 0.15) is 0 Å². The Morgan fingerprint density at radius 3 is 3.00 bits per heavy atom. The first-order chi connectivity index (χ1) is 9.18. The number of carbonyl (C=O) groups is 1. The molecule has 0 atom stereocenters. The molecule has 0 spiro atoms. The largest absolute Gasteiger partial charge is 0.388 e. The number of rotatable bonds is 4. The van der Waals surface area contributed by atoms with Crippen LogP contribution in [0.4, 0.5) is 0 Å². The van der Waals surface area contributed by atoms with E-state index >= 15 is 0 Å². The molecular formula is C14H18N2O3. The normalized spacial score (nSPS) is 18.4.